The topological polar surface area (TPSA) is 38.3 Å². The van der Waals surface area contributed by atoms with Crippen molar-refractivity contribution in [2.45, 2.75) is 123 Å². The van der Waals surface area contributed by atoms with Gasteiger partial charge in [-0.3, -0.25) is 4.79 Å². The lowest BCUT2D eigenvalue weighted by Gasteiger charge is -2.05. The molecule has 0 saturated heterocycles. The molecule has 0 aromatic carbocycles. The van der Waals surface area contributed by atoms with Crippen molar-refractivity contribution in [1.82, 2.24) is 5.32 Å². The molecule has 156 valence electrons. The van der Waals surface area contributed by atoms with Gasteiger partial charge in [0.1, 0.15) is 0 Å². The van der Waals surface area contributed by atoms with E-state index in [2.05, 4.69) is 12.2 Å². The van der Waals surface area contributed by atoms with Crippen molar-refractivity contribution in [2.75, 3.05) is 19.7 Å². The van der Waals surface area contributed by atoms with Crippen molar-refractivity contribution >= 4 is 5.97 Å². The minimum atomic E-state index is -0.0908. The van der Waals surface area contributed by atoms with E-state index in [-0.39, 0.29) is 5.97 Å². The first-order chi connectivity index (χ1) is 12.8. The van der Waals surface area contributed by atoms with E-state index in [0.717, 1.165) is 13.1 Å². The lowest BCUT2D eigenvalue weighted by atomic mass is 10.0. The molecular weight excluding hydrogens is 322 g/mol. The second-order valence-electron chi connectivity index (χ2n) is 7.61. The zero-order chi connectivity index (χ0) is 19.1. The molecule has 3 nitrogen and oxygen atoms in total. The lowest BCUT2D eigenvalue weighted by Crippen LogP contribution is -2.20. The van der Waals surface area contributed by atoms with Gasteiger partial charge in [-0.2, -0.15) is 0 Å². The van der Waals surface area contributed by atoms with Crippen LogP contribution in [0.4, 0.5) is 0 Å². The zero-order valence-corrected chi connectivity index (χ0v) is 18.0. The number of unbranched alkanes of at least 4 members (excludes halogenated alkanes) is 15. The van der Waals surface area contributed by atoms with Gasteiger partial charge in [0.25, 0.3) is 0 Å². The smallest absolute Gasteiger partial charge is 0.307 e. The van der Waals surface area contributed by atoms with Gasteiger partial charge in [0, 0.05) is 6.54 Å². The Hall–Kier alpha value is -0.570. The maximum Gasteiger partial charge on any atom is 0.307 e. The maximum atomic E-state index is 11.2. The van der Waals surface area contributed by atoms with E-state index in [0.29, 0.717) is 13.0 Å². The molecule has 0 amide bonds. The van der Waals surface area contributed by atoms with E-state index in [1.54, 1.807) is 0 Å². The Bertz CT molecular complexity index is 281. The molecular formula is C23H47NO2. The largest absolute Gasteiger partial charge is 0.466 e. The average molecular weight is 370 g/mol. The minimum Gasteiger partial charge on any atom is -0.466 e. The van der Waals surface area contributed by atoms with Crippen LogP contribution in [-0.4, -0.2) is 25.7 Å². The Balaban J connectivity index is 3.02. The highest BCUT2D eigenvalue weighted by atomic mass is 16.5. The highest BCUT2D eigenvalue weighted by Gasteiger charge is 1.99. The molecule has 0 radical (unpaired) electrons. The van der Waals surface area contributed by atoms with Gasteiger partial charge in [-0.15, -0.1) is 0 Å². The van der Waals surface area contributed by atoms with Gasteiger partial charge in [0.15, 0.2) is 0 Å². The number of hydrogen-bond donors (Lipinski definition) is 1. The van der Waals surface area contributed by atoms with Crippen LogP contribution in [0.1, 0.15) is 123 Å². The van der Waals surface area contributed by atoms with Gasteiger partial charge in [-0.1, -0.05) is 103 Å². The Labute approximate surface area is 164 Å². The highest BCUT2D eigenvalue weighted by molar-refractivity contribution is 5.69. The van der Waals surface area contributed by atoms with Crippen LogP contribution in [0.5, 0.6) is 0 Å². The number of carbonyl (C=O) groups is 1. The highest BCUT2D eigenvalue weighted by Crippen LogP contribution is 2.13. The zero-order valence-electron chi connectivity index (χ0n) is 18.0. The number of esters is 1. The molecule has 1 N–H and O–H groups in total. The summed E-state index contributed by atoms with van der Waals surface area (Å²) in [7, 11) is 0. The van der Waals surface area contributed by atoms with E-state index >= 15 is 0 Å². The first-order valence-corrected chi connectivity index (χ1v) is 11.7. The summed E-state index contributed by atoms with van der Waals surface area (Å²) in [6.07, 6.45) is 23.0. The summed E-state index contributed by atoms with van der Waals surface area (Å²) in [5.74, 6) is -0.0908. The summed E-state index contributed by atoms with van der Waals surface area (Å²) in [6.45, 7) is 6.39. The van der Waals surface area contributed by atoms with E-state index in [1.165, 1.54) is 103 Å². The molecule has 0 unspecified atom stereocenters. The third kappa shape index (κ3) is 21.5. The summed E-state index contributed by atoms with van der Waals surface area (Å²) >= 11 is 0. The summed E-state index contributed by atoms with van der Waals surface area (Å²) in [6, 6.07) is 0. The fourth-order valence-electron chi connectivity index (χ4n) is 3.35. The van der Waals surface area contributed by atoms with Crippen molar-refractivity contribution in [3.63, 3.8) is 0 Å². The van der Waals surface area contributed by atoms with Crippen LogP contribution in [0.2, 0.25) is 0 Å². The van der Waals surface area contributed by atoms with Crippen LogP contribution < -0.4 is 5.32 Å². The molecule has 0 atom stereocenters. The summed E-state index contributed by atoms with van der Waals surface area (Å²) < 4.78 is 4.90. The Morgan fingerprint density at radius 3 is 1.46 bits per heavy atom. The van der Waals surface area contributed by atoms with E-state index in [1.807, 2.05) is 6.92 Å². The number of ether oxygens (including phenoxy) is 1. The molecule has 0 spiro atoms. The van der Waals surface area contributed by atoms with Gasteiger partial charge in [0.05, 0.1) is 13.0 Å². The number of hydrogen-bond acceptors (Lipinski definition) is 3. The molecule has 0 aromatic rings. The molecule has 0 aliphatic rings. The first kappa shape index (κ1) is 25.4. The van der Waals surface area contributed by atoms with E-state index in [9.17, 15) is 4.79 Å². The van der Waals surface area contributed by atoms with Gasteiger partial charge in [-0.25, -0.2) is 0 Å². The van der Waals surface area contributed by atoms with Crippen LogP contribution in [0.3, 0.4) is 0 Å². The van der Waals surface area contributed by atoms with Crippen LogP contribution in [0, 0.1) is 0 Å². The number of nitrogens with one attached hydrogen (secondary N) is 1. The molecule has 0 bridgehead atoms. The van der Waals surface area contributed by atoms with Crippen molar-refractivity contribution in [3.8, 4) is 0 Å². The predicted molar refractivity (Wildman–Crippen MR) is 114 cm³/mol. The van der Waals surface area contributed by atoms with Crippen LogP contribution >= 0.6 is 0 Å². The molecule has 0 saturated carbocycles. The molecule has 0 heterocycles. The molecule has 3 heteroatoms. The minimum absolute atomic E-state index is 0.0908. The predicted octanol–water partition coefficient (Wildman–Crippen LogP) is 6.79. The molecule has 0 fully saturated rings. The fourth-order valence-corrected chi connectivity index (χ4v) is 3.35. The van der Waals surface area contributed by atoms with Gasteiger partial charge >= 0.3 is 5.97 Å². The van der Waals surface area contributed by atoms with Crippen molar-refractivity contribution in [3.05, 3.63) is 0 Å². The standard InChI is InChI=1S/C23H47NO2/c1-3-5-6-7-8-9-10-11-12-13-14-15-16-17-18-19-21-24-22-20-23(25)26-4-2/h24H,3-22H2,1-2H3. The van der Waals surface area contributed by atoms with E-state index < -0.39 is 0 Å². The van der Waals surface area contributed by atoms with Crippen molar-refractivity contribution < 1.29 is 9.53 Å². The van der Waals surface area contributed by atoms with Crippen LogP contribution in [-0.2, 0) is 9.53 Å². The molecule has 0 aromatic heterocycles. The second-order valence-corrected chi connectivity index (χ2v) is 7.61. The van der Waals surface area contributed by atoms with Gasteiger partial charge < -0.3 is 10.1 Å². The van der Waals surface area contributed by atoms with Gasteiger partial charge in [-0.05, 0) is 19.9 Å². The molecule has 0 aliphatic heterocycles. The summed E-state index contributed by atoms with van der Waals surface area (Å²) in [5, 5.41) is 3.32. The maximum absolute atomic E-state index is 11.2. The second kappa shape index (κ2) is 22.5. The first-order valence-electron chi connectivity index (χ1n) is 11.7. The lowest BCUT2D eigenvalue weighted by molar-refractivity contribution is -0.142. The summed E-state index contributed by atoms with van der Waals surface area (Å²) in [5.41, 5.74) is 0. The fraction of sp³-hybridized carbons (Fsp3) is 0.957. The quantitative estimate of drug-likeness (QED) is 0.179. The van der Waals surface area contributed by atoms with Crippen LogP contribution in [0.15, 0.2) is 0 Å². The molecule has 0 aliphatic carbocycles. The van der Waals surface area contributed by atoms with Crippen molar-refractivity contribution in [2.24, 2.45) is 0 Å². The third-order valence-corrected chi connectivity index (χ3v) is 5.02. The van der Waals surface area contributed by atoms with E-state index in [4.69, 9.17) is 4.74 Å². The third-order valence-electron chi connectivity index (χ3n) is 5.02. The normalized spacial score (nSPS) is 11.0. The Kier molecular flexibility index (Phi) is 22.0. The molecule has 26 heavy (non-hydrogen) atoms. The van der Waals surface area contributed by atoms with Crippen molar-refractivity contribution in [1.29, 1.82) is 0 Å². The number of rotatable bonds is 21. The SMILES string of the molecule is CCCCCCCCCCCCCCCCCCNCCC(=O)OCC. The Morgan fingerprint density at radius 2 is 1.04 bits per heavy atom. The van der Waals surface area contributed by atoms with Crippen LogP contribution in [0.25, 0.3) is 0 Å². The average Bonchev–Trinajstić information content (AvgIpc) is 2.64. The Morgan fingerprint density at radius 1 is 0.615 bits per heavy atom. The molecule has 0 rings (SSSR count). The van der Waals surface area contributed by atoms with Gasteiger partial charge in [0.2, 0.25) is 0 Å². The summed E-state index contributed by atoms with van der Waals surface area (Å²) in [4.78, 5) is 11.2. The number of carbonyl (C=O) groups excluding carboxylic acids is 1. The monoisotopic (exact) mass is 369 g/mol.